The number of anilines is 1. The number of thiophene rings is 1. The molecule has 0 aromatic carbocycles. The second-order valence-corrected chi connectivity index (χ2v) is 5.37. The van der Waals surface area contributed by atoms with Crippen LogP contribution in [0.4, 0.5) is 5.82 Å². The summed E-state index contributed by atoms with van der Waals surface area (Å²) in [6.07, 6.45) is 2.44. The predicted octanol–water partition coefficient (Wildman–Crippen LogP) is 2.64. The number of fused-ring (bicyclic) bond motifs is 1. The smallest absolute Gasteiger partial charge is 0.225 e. The number of aromatic nitrogens is 5. The van der Waals surface area contributed by atoms with Gasteiger partial charge in [-0.3, -0.25) is 5.10 Å². The Kier molecular flexibility index (Phi) is 3.31. The molecule has 0 radical (unpaired) electrons. The SMILES string of the molecule is CCc1cc2c(NCc3ncn[nH]3)nc(Cl)nc2s1. The zero-order valence-corrected chi connectivity index (χ0v) is 11.7. The van der Waals surface area contributed by atoms with Crippen molar-refractivity contribution in [2.45, 2.75) is 19.9 Å². The van der Waals surface area contributed by atoms with Crippen molar-refractivity contribution in [3.8, 4) is 0 Å². The zero-order valence-electron chi connectivity index (χ0n) is 10.1. The molecule has 0 aliphatic carbocycles. The Hall–Kier alpha value is -1.73. The van der Waals surface area contributed by atoms with Crippen LogP contribution in [-0.2, 0) is 13.0 Å². The largest absolute Gasteiger partial charge is 0.362 e. The van der Waals surface area contributed by atoms with Crippen molar-refractivity contribution in [2.75, 3.05) is 5.32 Å². The number of rotatable bonds is 4. The second-order valence-electron chi connectivity index (χ2n) is 3.91. The molecule has 98 valence electrons. The summed E-state index contributed by atoms with van der Waals surface area (Å²) in [5.41, 5.74) is 0. The van der Waals surface area contributed by atoms with Gasteiger partial charge in [0.15, 0.2) is 0 Å². The van der Waals surface area contributed by atoms with Crippen LogP contribution in [0, 0.1) is 0 Å². The molecule has 6 nitrogen and oxygen atoms in total. The van der Waals surface area contributed by atoms with Gasteiger partial charge in [0.25, 0.3) is 0 Å². The highest BCUT2D eigenvalue weighted by atomic mass is 35.5. The van der Waals surface area contributed by atoms with Gasteiger partial charge in [-0.2, -0.15) is 5.10 Å². The van der Waals surface area contributed by atoms with Crippen LogP contribution in [-0.4, -0.2) is 25.1 Å². The Morgan fingerprint density at radius 3 is 3.05 bits per heavy atom. The molecule has 3 aromatic heterocycles. The Morgan fingerprint density at radius 1 is 1.42 bits per heavy atom. The number of aryl methyl sites for hydroxylation is 1. The Bertz CT molecular complexity index is 693. The van der Waals surface area contributed by atoms with Gasteiger partial charge in [0.2, 0.25) is 5.28 Å². The van der Waals surface area contributed by atoms with Gasteiger partial charge in [0.05, 0.1) is 11.9 Å². The number of nitrogens with zero attached hydrogens (tertiary/aromatic N) is 4. The van der Waals surface area contributed by atoms with Crippen molar-refractivity contribution in [1.29, 1.82) is 0 Å². The maximum Gasteiger partial charge on any atom is 0.225 e. The number of hydrogen-bond donors (Lipinski definition) is 2. The van der Waals surface area contributed by atoms with Gasteiger partial charge in [0.1, 0.15) is 22.8 Å². The minimum absolute atomic E-state index is 0.247. The van der Waals surface area contributed by atoms with Gasteiger partial charge in [0, 0.05) is 4.88 Å². The normalized spacial score (nSPS) is 11.1. The predicted molar refractivity (Wildman–Crippen MR) is 75.5 cm³/mol. The van der Waals surface area contributed by atoms with Crippen molar-refractivity contribution in [3.63, 3.8) is 0 Å². The van der Waals surface area contributed by atoms with E-state index in [2.05, 4.69) is 43.5 Å². The molecule has 2 N–H and O–H groups in total. The zero-order chi connectivity index (χ0) is 13.2. The topological polar surface area (TPSA) is 79.4 Å². The monoisotopic (exact) mass is 294 g/mol. The average Bonchev–Trinajstić information content (AvgIpc) is 3.04. The van der Waals surface area contributed by atoms with Crippen molar-refractivity contribution in [2.24, 2.45) is 0 Å². The standard InChI is InChI=1S/C11H11ClN6S/c1-2-6-3-7-9(13-4-8-14-5-15-18-8)16-11(12)17-10(7)19-6/h3,5H,2,4H2,1H3,(H,13,16,17)(H,14,15,18). The quantitative estimate of drug-likeness (QED) is 0.723. The first-order valence-electron chi connectivity index (χ1n) is 5.80. The molecular weight excluding hydrogens is 284 g/mol. The first kappa shape index (κ1) is 12.3. The van der Waals surface area contributed by atoms with Gasteiger partial charge in [-0.05, 0) is 24.1 Å². The molecule has 3 heterocycles. The second kappa shape index (κ2) is 5.10. The molecule has 0 saturated carbocycles. The molecule has 0 aliphatic heterocycles. The van der Waals surface area contributed by atoms with Crippen LogP contribution in [0.3, 0.4) is 0 Å². The Balaban J connectivity index is 1.94. The van der Waals surface area contributed by atoms with Gasteiger partial charge >= 0.3 is 0 Å². The third-order valence-electron chi connectivity index (χ3n) is 2.65. The molecule has 0 spiro atoms. The van der Waals surface area contributed by atoms with Gasteiger partial charge in [-0.15, -0.1) is 11.3 Å². The summed E-state index contributed by atoms with van der Waals surface area (Å²) < 4.78 is 0. The minimum atomic E-state index is 0.247. The molecular formula is C11H11ClN6S. The summed E-state index contributed by atoms with van der Waals surface area (Å²) in [7, 11) is 0. The summed E-state index contributed by atoms with van der Waals surface area (Å²) in [6, 6.07) is 2.10. The van der Waals surface area contributed by atoms with E-state index in [-0.39, 0.29) is 5.28 Å². The summed E-state index contributed by atoms with van der Waals surface area (Å²) in [5.74, 6) is 1.47. The summed E-state index contributed by atoms with van der Waals surface area (Å²) >= 11 is 7.58. The first-order valence-corrected chi connectivity index (χ1v) is 6.99. The van der Waals surface area contributed by atoms with Crippen LogP contribution in [0.2, 0.25) is 5.28 Å². The molecule has 0 amide bonds. The van der Waals surface area contributed by atoms with E-state index in [4.69, 9.17) is 11.6 Å². The van der Waals surface area contributed by atoms with Gasteiger partial charge in [-0.25, -0.2) is 15.0 Å². The lowest BCUT2D eigenvalue weighted by atomic mass is 10.3. The van der Waals surface area contributed by atoms with Crippen LogP contribution in [0.15, 0.2) is 12.4 Å². The number of hydrogen-bond acceptors (Lipinski definition) is 6. The molecule has 0 bridgehead atoms. The average molecular weight is 295 g/mol. The molecule has 0 fully saturated rings. The maximum absolute atomic E-state index is 5.95. The molecule has 3 aromatic rings. The molecule has 0 saturated heterocycles. The van der Waals surface area contributed by atoms with E-state index in [1.807, 2.05) is 0 Å². The highest BCUT2D eigenvalue weighted by Gasteiger charge is 2.10. The van der Waals surface area contributed by atoms with Gasteiger partial charge < -0.3 is 5.32 Å². The minimum Gasteiger partial charge on any atom is -0.362 e. The highest BCUT2D eigenvalue weighted by molar-refractivity contribution is 7.18. The van der Waals surface area contributed by atoms with E-state index >= 15 is 0 Å². The third-order valence-corrected chi connectivity index (χ3v) is 4.00. The first-order chi connectivity index (χ1) is 9.26. The number of nitrogens with one attached hydrogen (secondary N) is 2. The van der Waals surface area contributed by atoms with Crippen molar-refractivity contribution in [3.05, 3.63) is 28.4 Å². The number of H-pyrrole nitrogens is 1. The summed E-state index contributed by atoms with van der Waals surface area (Å²) in [5, 5.41) is 11.0. The molecule has 19 heavy (non-hydrogen) atoms. The van der Waals surface area contributed by atoms with E-state index in [1.54, 1.807) is 11.3 Å². The Morgan fingerprint density at radius 2 is 2.32 bits per heavy atom. The van der Waals surface area contributed by atoms with Crippen LogP contribution >= 0.6 is 22.9 Å². The highest BCUT2D eigenvalue weighted by Crippen LogP contribution is 2.30. The van der Waals surface area contributed by atoms with Crippen LogP contribution < -0.4 is 5.32 Å². The lowest BCUT2D eigenvalue weighted by molar-refractivity contribution is 0.948. The summed E-state index contributed by atoms with van der Waals surface area (Å²) in [4.78, 5) is 14.7. The van der Waals surface area contributed by atoms with Crippen molar-refractivity contribution < 1.29 is 0 Å². The summed E-state index contributed by atoms with van der Waals surface area (Å²) in [6.45, 7) is 2.63. The number of aromatic amines is 1. The molecule has 0 aliphatic rings. The van der Waals surface area contributed by atoms with Crippen LogP contribution in [0.5, 0.6) is 0 Å². The maximum atomic E-state index is 5.95. The molecule has 0 atom stereocenters. The lowest BCUT2D eigenvalue weighted by Gasteiger charge is -2.04. The molecule has 8 heteroatoms. The number of halogens is 1. The van der Waals surface area contributed by atoms with E-state index in [0.29, 0.717) is 6.54 Å². The third kappa shape index (κ3) is 2.52. The van der Waals surface area contributed by atoms with Crippen LogP contribution in [0.25, 0.3) is 10.2 Å². The fourth-order valence-electron chi connectivity index (χ4n) is 1.74. The lowest BCUT2D eigenvalue weighted by Crippen LogP contribution is -2.04. The van der Waals surface area contributed by atoms with Crippen molar-refractivity contribution >= 4 is 39.0 Å². The van der Waals surface area contributed by atoms with E-state index in [1.165, 1.54) is 11.2 Å². The van der Waals surface area contributed by atoms with E-state index in [9.17, 15) is 0 Å². The van der Waals surface area contributed by atoms with E-state index in [0.717, 1.165) is 28.3 Å². The van der Waals surface area contributed by atoms with E-state index < -0.39 is 0 Å². The van der Waals surface area contributed by atoms with Crippen molar-refractivity contribution in [1.82, 2.24) is 25.1 Å². The van der Waals surface area contributed by atoms with Crippen LogP contribution in [0.1, 0.15) is 17.6 Å². The molecule has 3 rings (SSSR count). The fourth-order valence-corrected chi connectivity index (χ4v) is 2.92. The molecule has 0 unspecified atom stereocenters. The fraction of sp³-hybridized carbons (Fsp3) is 0.273. The Labute approximate surface area is 118 Å². The van der Waals surface area contributed by atoms with Gasteiger partial charge in [-0.1, -0.05) is 6.92 Å².